The van der Waals surface area contributed by atoms with Crippen molar-refractivity contribution < 1.29 is 32.6 Å². The van der Waals surface area contributed by atoms with E-state index in [0.717, 1.165) is 49.5 Å². The van der Waals surface area contributed by atoms with Gasteiger partial charge in [-0.1, -0.05) is 77.0 Å². The molecule has 3 aromatic carbocycles. The number of halogens is 2. The molecular weight excluding hydrogens is 538 g/mol. The average Bonchev–Trinajstić information content (AvgIpc) is 2.97. The first kappa shape index (κ1) is 32.8. The molecule has 0 fully saturated rings. The molecule has 0 aliphatic carbocycles. The van der Waals surface area contributed by atoms with Crippen molar-refractivity contribution in [2.24, 2.45) is 0 Å². The molecule has 3 rings (SSSR count). The lowest BCUT2D eigenvalue weighted by atomic mass is 10.0. The minimum absolute atomic E-state index is 0.148. The quantitative estimate of drug-likeness (QED) is 0.0904. The molecule has 3 aromatic rings. The first-order valence-corrected chi connectivity index (χ1v) is 15.1. The van der Waals surface area contributed by atoms with Crippen molar-refractivity contribution in [2.45, 2.75) is 91.1 Å². The molecule has 226 valence electrons. The van der Waals surface area contributed by atoms with Crippen LogP contribution in [-0.2, 0) is 4.74 Å². The Morgan fingerprint density at radius 1 is 0.667 bits per heavy atom. The topological polar surface area (TPSA) is 61.8 Å². The molecule has 7 heteroatoms. The van der Waals surface area contributed by atoms with E-state index in [9.17, 15) is 18.4 Å². The van der Waals surface area contributed by atoms with Gasteiger partial charge in [0, 0.05) is 6.07 Å². The van der Waals surface area contributed by atoms with Crippen LogP contribution in [0.15, 0.2) is 60.7 Å². The van der Waals surface area contributed by atoms with E-state index in [4.69, 9.17) is 14.2 Å². The Bertz CT molecular complexity index is 1290. The van der Waals surface area contributed by atoms with E-state index in [-0.39, 0.29) is 23.0 Å². The lowest BCUT2D eigenvalue weighted by Gasteiger charge is -2.13. The van der Waals surface area contributed by atoms with Gasteiger partial charge in [0.25, 0.3) is 0 Å². The third-order valence-corrected chi connectivity index (χ3v) is 7.04. The number of benzene rings is 3. The van der Waals surface area contributed by atoms with Gasteiger partial charge in [0.05, 0.1) is 23.8 Å². The van der Waals surface area contributed by atoms with Gasteiger partial charge in [-0.25, -0.2) is 18.4 Å². The molecular formula is C35H42F2O5. The maximum Gasteiger partial charge on any atom is 0.346 e. The fourth-order valence-electron chi connectivity index (χ4n) is 4.55. The van der Waals surface area contributed by atoms with Gasteiger partial charge in [0.1, 0.15) is 23.1 Å². The van der Waals surface area contributed by atoms with Gasteiger partial charge in [0.2, 0.25) is 0 Å². The molecule has 0 unspecified atom stereocenters. The minimum atomic E-state index is -0.975. The zero-order valence-corrected chi connectivity index (χ0v) is 24.9. The molecule has 0 spiro atoms. The van der Waals surface area contributed by atoms with Crippen LogP contribution in [0, 0.1) is 11.6 Å². The predicted molar refractivity (Wildman–Crippen MR) is 161 cm³/mol. The Labute approximate surface area is 248 Å². The molecule has 0 saturated heterocycles. The van der Waals surface area contributed by atoms with Crippen LogP contribution in [0.25, 0.3) is 11.1 Å². The summed E-state index contributed by atoms with van der Waals surface area (Å²) in [4.78, 5) is 25.0. The van der Waals surface area contributed by atoms with Crippen molar-refractivity contribution in [3.8, 4) is 22.6 Å². The van der Waals surface area contributed by atoms with Crippen LogP contribution < -0.4 is 9.47 Å². The summed E-state index contributed by atoms with van der Waals surface area (Å²) in [5.74, 6) is -2.81. The largest absolute Gasteiger partial charge is 0.494 e. The molecule has 0 saturated carbocycles. The van der Waals surface area contributed by atoms with E-state index in [2.05, 4.69) is 13.8 Å². The molecule has 0 bridgehead atoms. The SMILES string of the molecule is CCCCCCCCOc1ccc(-c2ccc(C(=O)Oc3ccc(C(=O)O[C@H](C)CCCCC)c(F)c3)c(F)c2)cc1. The zero-order valence-electron chi connectivity index (χ0n) is 24.9. The van der Waals surface area contributed by atoms with Crippen molar-refractivity contribution >= 4 is 11.9 Å². The molecule has 0 heterocycles. The minimum Gasteiger partial charge on any atom is -0.494 e. The lowest BCUT2D eigenvalue weighted by molar-refractivity contribution is 0.0314. The van der Waals surface area contributed by atoms with Gasteiger partial charge in [-0.2, -0.15) is 0 Å². The number of esters is 2. The van der Waals surface area contributed by atoms with Crippen molar-refractivity contribution in [3.63, 3.8) is 0 Å². The maximum absolute atomic E-state index is 14.9. The normalized spacial score (nSPS) is 11.6. The average molecular weight is 581 g/mol. The molecule has 42 heavy (non-hydrogen) atoms. The summed E-state index contributed by atoms with van der Waals surface area (Å²) in [5, 5.41) is 0. The zero-order chi connectivity index (χ0) is 30.3. The Morgan fingerprint density at radius 3 is 1.93 bits per heavy atom. The second-order valence-corrected chi connectivity index (χ2v) is 10.6. The number of unbranched alkanes of at least 4 members (excludes halogenated alkanes) is 7. The van der Waals surface area contributed by atoms with E-state index >= 15 is 0 Å². The first-order chi connectivity index (χ1) is 20.3. The number of hydrogen-bond acceptors (Lipinski definition) is 5. The van der Waals surface area contributed by atoms with E-state index < -0.39 is 23.6 Å². The van der Waals surface area contributed by atoms with Crippen LogP contribution >= 0.6 is 0 Å². The third-order valence-electron chi connectivity index (χ3n) is 7.04. The van der Waals surface area contributed by atoms with Crippen molar-refractivity contribution in [3.05, 3.63) is 83.4 Å². The van der Waals surface area contributed by atoms with Crippen molar-refractivity contribution in [1.82, 2.24) is 0 Å². The Kier molecular flexibility index (Phi) is 13.5. The molecule has 0 aromatic heterocycles. The summed E-state index contributed by atoms with van der Waals surface area (Å²) in [6, 6.07) is 14.9. The van der Waals surface area contributed by atoms with Gasteiger partial charge >= 0.3 is 11.9 Å². The second kappa shape index (κ2) is 17.3. The summed E-state index contributed by atoms with van der Waals surface area (Å²) in [5.41, 5.74) is 0.809. The molecule has 0 amide bonds. The second-order valence-electron chi connectivity index (χ2n) is 10.6. The molecule has 0 radical (unpaired) electrons. The van der Waals surface area contributed by atoms with Crippen molar-refractivity contribution in [2.75, 3.05) is 6.61 Å². The van der Waals surface area contributed by atoms with E-state index in [1.165, 1.54) is 49.9 Å². The molecule has 0 aliphatic heterocycles. The Morgan fingerprint density at radius 2 is 1.24 bits per heavy atom. The van der Waals surface area contributed by atoms with Gasteiger partial charge in [-0.15, -0.1) is 0 Å². The molecule has 0 N–H and O–H groups in total. The highest BCUT2D eigenvalue weighted by Crippen LogP contribution is 2.26. The standard InChI is InChI=1S/C35H42F2O5/c1-4-6-8-9-10-12-22-40-28-17-14-26(15-18-28)27-16-20-30(32(36)23-27)35(39)42-29-19-21-31(33(37)24-29)34(38)41-25(3)13-11-7-5-2/h14-21,23-25H,4-13,22H2,1-3H3/t25-/m1/s1. The highest BCUT2D eigenvalue weighted by atomic mass is 19.1. The highest BCUT2D eigenvalue weighted by molar-refractivity contribution is 5.93. The van der Waals surface area contributed by atoms with Gasteiger partial charge in [0.15, 0.2) is 0 Å². The number of hydrogen-bond donors (Lipinski definition) is 0. The van der Waals surface area contributed by atoms with Crippen LogP contribution in [-0.4, -0.2) is 24.6 Å². The number of rotatable bonds is 17. The first-order valence-electron chi connectivity index (χ1n) is 15.1. The highest BCUT2D eigenvalue weighted by Gasteiger charge is 2.20. The maximum atomic E-state index is 14.9. The van der Waals surface area contributed by atoms with E-state index in [1.54, 1.807) is 13.0 Å². The smallest absolute Gasteiger partial charge is 0.346 e. The molecule has 1 atom stereocenters. The third kappa shape index (κ3) is 10.3. The van der Waals surface area contributed by atoms with Crippen LogP contribution in [0.4, 0.5) is 8.78 Å². The fourth-order valence-corrected chi connectivity index (χ4v) is 4.55. The van der Waals surface area contributed by atoms with Crippen LogP contribution in [0.2, 0.25) is 0 Å². The van der Waals surface area contributed by atoms with E-state index in [0.29, 0.717) is 18.6 Å². The van der Waals surface area contributed by atoms with Gasteiger partial charge < -0.3 is 14.2 Å². The number of ether oxygens (including phenoxy) is 3. The summed E-state index contributed by atoms with van der Waals surface area (Å²) in [7, 11) is 0. The fraction of sp³-hybridized carbons (Fsp3) is 0.429. The van der Waals surface area contributed by atoms with Gasteiger partial charge in [-0.05, 0) is 73.7 Å². The predicted octanol–water partition coefficient (Wildman–Crippen LogP) is 9.72. The lowest BCUT2D eigenvalue weighted by Crippen LogP contribution is -2.16. The Hall–Kier alpha value is -3.74. The number of carbonyl (C=O) groups excluding carboxylic acids is 2. The summed E-state index contributed by atoms with van der Waals surface area (Å²) in [6.07, 6.45) is 10.5. The monoisotopic (exact) mass is 580 g/mol. The van der Waals surface area contributed by atoms with Gasteiger partial charge in [-0.3, -0.25) is 0 Å². The Balaban J connectivity index is 1.54. The molecule has 5 nitrogen and oxygen atoms in total. The van der Waals surface area contributed by atoms with Crippen molar-refractivity contribution in [1.29, 1.82) is 0 Å². The van der Waals surface area contributed by atoms with Crippen LogP contribution in [0.1, 0.15) is 106 Å². The van der Waals surface area contributed by atoms with Crippen LogP contribution in [0.5, 0.6) is 11.5 Å². The van der Waals surface area contributed by atoms with Crippen LogP contribution in [0.3, 0.4) is 0 Å². The van der Waals surface area contributed by atoms with E-state index in [1.807, 2.05) is 24.3 Å². The number of carbonyl (C=O) groups is 2. The summed E-state index contributed by atoms with van der Waals surface area (Å²) >= 11 is 0. The summed E-state index contributed by atoms with van der Waals surface area (Å²) in [6.45, 7) is 6.71. The summed E-state index contributed by atoms with van der Waals surface area (Å²) < 4.78 is 45.9. The molecule has 0 aliphatic rings.